The first kappa shape index (κ1) is 27.4. The molecule has 1 saturated heterocycles. The molecule has 1 atom stereocenters. The van der Waals surface area contributed by atoms with Gasteiger partial charge in [-0.2, -0.15) is 0 Å². The summed E-state index contributed by atoms with van der Waals surface area (Å²) in [5.41, 5.74) is 8.19. The number of hydrogen-bond donors (Lipinski definition) is 2. The molecule has 0 bridgehead atoms. The predicted molar refractivity (Wildman–Crippen MR) is 150 cm³/mol. The van der Waals surface area contributed by atoms with Gasteiger partial charge in [0.05, 0.1) is 32.0 Å². The minimum atomic E-state index is -0.219. The number of fused-ring (bicyclic) bond motifs is 1. The van der Waals surface area contributed by atoms with E-state index in [1.54, 1.807) is 7.11 Å². The zero-order valence-electron chi connectivity index (χ0n) is 21.0. The van der Waals surface area contributed by atoms with Crippen LogP contribution in [0.25, 0.3) is 10.9 Å². The molecule has 3 aromatic rings. The number of hydrogen-bond acceptors (Lipinski definition) is 10. The van der Waals surface area contributed by atoms with Crippen molar-refractivity contribution in [1.29, 1.82) is 0 Å². The molecule has 1 fully saturated rings. The second-order valence-corrected chi connectivity index (χ2v) is 10.3. The molecular weight excluding hydrogens is 608 g/mol. The summed E-state index contributed by atoms with van der Waals surface area (Å²) >= 11 is 6.97. The van der Waals surface area contributed by atoms with Crippen LogP contribution in [0.1, 0.15) is 13.3 Å². The Morgan fingerprint density at radius 3 is 2.41 bits per heavy atom. The molecule has 1 aliphatic rings. The van der Waals surface area contributed by atoms with E-state index in [2.05, 4.69) is 63.9 Å². The van der Waals surface area contributed by atoms with E-state index in [4.69, 9.17) is 19.9 Å². The molecule has 2 heterocycles. The van der Waals surface area contributed by atoms with Gasteiger partial charge in [0.2, 0.25) is 0 Å². The Hall–Kier alpha value is -2.67. The van der Waals surface area contributed by atoms with Crippen LogP contribution in [0.2, 0.25) is 0 Å². The Morgan fingerprint density at radius 2 is 1.78 bits per heavy atom. The molecule has 1 aliphatic heterocycles. The Labute approximate surface area is 232 Å². The van der Waals surface area contributed by atoms with Gasteiger partial charge in [0.1, 0.15) is 12.1 Å². The van der Waals surface area contributed by atoms with Gasteiger partial charge < -0.3 is 25.3 Å². The molecule has 0 aliphatic carbocycles. The standard InChI is InChI=1S/C25H30Br2N6O4/c1-4-22(33-7-5-32(6-8-33)13-23(34)36-3)37-21-11-16-19(12-20(21)35-2)29-14-30-25(16)31-15-9-17(26)24(28)18(27)10-15/h9-12,14,22H,4-8,13,28H2,1-3H3,(H,29,30,31). The van der Waals surface area contributed by atoms with E-state index in [-0.39, 0.29) is 12.2 Å². The van der Waals surface area contributed by atoms with Crippen LogP contribution >= 0.6 is 31.9 Å². The van der Waals surface area contributed by atoms with Crippen LogP contribution in [-0.2, 0) is 9.53 Å². The maximum atomic E-state index is 11.6. The number of carbonyl (C=O) groups excluding carboxylic acids is 1. The Morgan fingerprint density at radius 1 is 1.08 bits per heavy atom. The minimum absolute atomic E-state index is 0.156. The summed E-state index contributed by atoms with van der Waals surface area (Å²) in [5, 5.41) is 4.15. The van der Waals surface area contributed by atoms with Crippen molar-refractivity contribution in [3.05, 3.63) is 39.5 Å². The number of rotatable bonds is 9. The molecule has 37 heavy (non-hydrogen) atoms. The van der Waals surface area contributed by atoms with Crippen LogP contribution in [0.5, 0.6) is 11.5 Å². The second-order valence-electron chi connectivity index (χ2n) is 8.59. The fourth-order valence-corrected chi connectivity index (χ4v) is 5.41. The van der Waals surface area contributed by atoms with Crippen LogP contribution < -0.4 is 20.5 Å². The maximum Gasteiger partial charge on any atom is 0.319 e. The van der Waals surface area contributed by atoms with Gasteiger partial charge in [-0.3, -0.25) is 14.6 Å². The highest BCUT2D eigenvalue weighted by atomic mass is 79.9. The molecular formula is C25H30Br2N6O4. The highest BCUT2D eigenvalue weighted by molar-refractivity contribution is 9.11. The molecule has 4 rings (SSSR count). The Bertz CT molecular complexity index is 1250. The van der Waals surface area contributed by atoms with Crippen LogP contribution in [0.4, 0.5) is 17.2 Å². The van der Waals surface area contributed by atoms with Gasteiger partial charge >= 0.3 is 5.97 Å². The molecule has 198 valence electrons. The lowest BCUT2D eigenvalue weighted by Crippen LogP contribution is -2.52. The Kier molecular flexibility index (Phi) is 9.06. The molecule has 1 unspecified atom stereocenters. The zero-order valence-corrected chi connectivity index (χ0v) is 24.1. The topological polar surface area (TPSA) is 115 Å². The number of nitrogens with zero attached hydrogens (tertiary/aromatic N) is 4. The third-order valence-corrected chi connectivity index (χ3v) is 7.58. The first-order valence-electron chi connectivity index (χ1n) is 11.9. The average Bonchev–Trinajstić information content (AvgIpc) is 2.90. The van der Waals surface area contributed by atoms with E-state index >= 15 is 0 Å². The summed E-state index contributed by atoms with van der Waals surface area (Å²) in [6, 6.07) is 7.55. The molecule has 10 nitrogen and oxygen atoms in total. The first-order chi connectivity index (χ1) is 17.8. The monoisotopic (exact) mass is 636 g/mol. The van der Waals surface area contributed by atoms with E-state index in [1.807, 2.05) is 24.3 Å². The number of aromatic nitrogens is 2. The number of benzene rings is 2. The lowest BCUT2D eigenvalue weighted by atomic mass is 10.2. The van der Waals surface area contributed by atoms with Crippen LogP contribution in [0.3, 0.4) is 0 Å². The molecule has 0 spiro atoms. The third-order valence-electron chi connectivity index (χ3n) is 6.27. The van der Waals surface area contributed by atoms with Crippen molar-refractivity contribution in [3.8, 4) is 11.5 Å². The fourth-order valence-electron chi connectivity index (χ4n) is 4.23. The van der Waals surface area contributed by atoms with Crippen molar-refractivity contribution >= 4 is 65.9 Å². The lowest BCUT2D eigenvalue weighted by molar-refractivity contribution is -0.142. The van der Waals surface area contributed by atoms with Gasteiger partial charge in [-0.25, -0.2) is 9.97 Å². The average molecular weight is 638 g/mol. The number of ether oxygens (including phenoxy) is 3. The summed E-state index contributed by atoms with van der Waals surface area (Å²) in [6.07, 6.45) is 2.13. The predicted octanol–water partition coefficient (Wildman–Crippen LogP) is 4.39. The number of piperazine rings is 1. The van der Waals surface area contributed by atoms with Gasteiger partial charge in [0.25, 0.3) is 0 Å². The van der Waals surface area contributed by atoms with E-state index in [0.717, 1.165) is 58.1 Å². The highest BCUT2D eigenvalue weighted by Crippen LogP contribution is 2.37. The maximum absolute atomic E-state index is 11.6. The largest absolute Gasteiger partial charge is 0.493 e. The van der Waals surface area contributed by atoms with Gasteiger partial charge in [-0.15, -0.1) is 0 Å². The molecule has 12 heteroatoms. The zero-order chi connectivity index (χ0) is 26.5. The van der Waals surface area contributed by atoms with Crippen molar-refractivity contribution in [2.24, 2.45) is 0 Å². The number of methoxy groups -OCH3 is 2. The van der Waals surface area contributed by atoms with Crippen LogP contribution in [0, 0.1) is 0 Å². The normalized spacial score (nSPS) is 15.4. The highest BCUT2D eigenvalue weighted by Gasteiger charge is 2.26. The number of anilines is 3. The lowest BCUT2D eigenvalue weighted by Gasteiger charge is -2.38. The number of nitrogen functional groups attached to an aromatic ring is 1. The second kappa shape index (κ2) is 12.2. The Balaban J connectivity index is 1.57. The van der Waals surface area contributed by atoms with Crippen molar-refractivity contribution in [1.82, 2.24) is 19.8 Å². The third kappa shape index (κ3) is 6.43. The summed E-state index contributed by atoms with van der Waals surface area (Å²) in [5.74, 6) is 1.61. The van der Waals surface area contributed by atoms with E-state index in [9.17, 15) is 4.79 Å². The van der Waals surface area contributed by atoms with E-state index < -0.39 is 0 Å². The molecule has 0 saturated carbocycles. The number of nitrogens with two attached hydrogens (primary N) is 1. The van der Waals surface area contributed by atoms with Gasteiger partial charge in [-0.05, 0) is 56.5 Å². The smallest absolute Gasteiger partial charge is 0.319 e. The van der Waals surface area contributed by atoms with Gasteiger partial charge in [0, 0.05) is 52.3 Å². The molecule has 2 aromatic carbocycles. The number of carbonyl (C=O) groups is 1. The van der Waals surface area contributed by atoms with Crippen LogP contribution in [-0.4, -0.2) is 78.9 Å². The van der Waals surface area contributed by atoms with Crippen molar-refractivity contribution < 1.29 is 19.0 Å². The molecule has 0 amide bonds. The minimum Gasteiger partial charge on any atom is -0.493 e. The summed E-state index contributed by atoms with van der Waals surface area (Å²) < 4.78 is 18.5. The summed E-state index contributed by atoms with van der Waals surface area (Å²) in [7, 11) is 3.03. The van der Waals surface area contributed by atoms with Crippen molar-refractivity contribution in [3.63, 3.8) is 0 Å². The quantitative estimate of drug-likeness (QED) is 0.258. The van der Waals surface area contributed by atoms with Crippen molar-refractivity contribution in [2.75, 3.05) is 58.0 Å². The van der Waals surface area contributed by atoms with E-state index in [0.29, 0.717) is 29.5 Å². The first-order valence-corrected chi connectivity index (χ1v) is 13.5. The summed E-state index contributed by atoms with van der Waals surface area (Å²) in [4.78, 5) is 24.9. The molecule has 0 radical (unpaired) electrons. The van der Waals surface area contributed by atoms with Gasteiger partial charge in [0.15, 0.2) is 17.7 Å². The number of nitrogens with one attached hydrogen (secondary N) is 1. The SMILES string of the molecule is CCC(Oc1cc2c(Nc3cc(Br)c(N)c(Br)c3)ncnc2cc1OC)N1CCN(CC(=O)OC)CC1. The van der Waals surface area contributed by atoms with Crippen molar-refractivity contribution in [2.45, 2.75) is 19.6 Å². The summed E-state index contributed by atoms with van der Waals surface area (Å²) in [6.45, 7) is 5.48. The number of esters is 1. The van der Waals surface area contributed by atoms with Gasteiger partial charge in [-0.1, -0.05) is 6.92 Å². The van der Waals surface area contributed by atoms with Crippen LogP contribution in [0.15, 0.2) is 39.5 Å². The number of halogens is 2. The fraction of sp³-hybridized carbons (Fsp3) is 0.400. The molecule has 1 aromatic heterocycles. The van der Waals surface area contributed by atoms with E-state index in [1.165, 1.54) is 13.4 Å². The molecule has 3 N–H and O–H groups in total.